The average Bonchev–Trinajstić information content (AvgIpc) is 2.75. The summed E-state index contributed by atoms with van der Waals surface area (Å²) in [6, 6.07) is 12.0. The standard InChI is InChI=1S/C24H30FN3O2/c1-3-17-7-5-8-18(4-2)23(17)27-22(29)16-28-13-11-21(12-14-28)26-24(30)19-9-6-10-20(25)15-19/h5-10,15,21H,3-4,11-14,16H2,1-2H3,(H,26,30)(H,27,29)/p+1. The Morgan fingerprint density at radius 3 is 2.27 bits per heavy atom. The third-order valence-corrected chi connectivity index (χ3v) is 5.79. The van der Waals surface area contributed by atoms with E-state index in [-0.39, 0.29) is 17.9 Å². The van der Waals surface area contributed by atoms with E-state index in [9.17, 15) is 14.0 Å². The van der Waals surface area contributed by atoms with Gasteiger partial charge in [-0.2, -0.15) is 0 Å². The first kappa shape index (κ1) is 22.0. The number of rotatable bonds is 7. The minimum atomic E-state index is -0.413. The molecule has 2 aromatic carbocycles. The molecule has 1 heterocycles. The summed E-state index contributed by atoms with van der Waals surface area (Å²) in [5.74, 6) is -0.629. The van der Waals surface area contributed by atoms with Gasteiger partial charge in [0, 0.05) is 30.1 Å². The number of hydrogen-bond donors (Lipinski definition) is 3. The Morgan fingerprint density at radius 2 is 1.67 bits per heavy atom. The van der Waals surface area contributed by atoms with Crippen LogP contribution in [0.2, 0.25) is 0 Å². The van der Waals surface area contributed by atoms with Gasteiger partial charge in [-0.1, -0.05) is 38.1 Å². The monoisotopic (exact) mass is 412 g/mol. The van der Waals surface area contributed by atoms with Crippen LogP contribution in [-0.4, -0.2) is 37.5 Å². The maximum Gasteiger partial charge on any atom is 0.279 e. The molecule has 0 bridgehead atoms. The number of aryl methyl sites for hydroxylation is 2. The highest BCUT2D eigenvalue weighted by Crippen LogP contribution is 2.22. The summed E-state index contributed by atoms with van der Waals surface area (Å²) in [7, 11) is 0. The van der Waals surface area contributed by atoms with Gasteiger partial charge in [-0.15, -0.1) is 0 Å². The van der Waals surface area contributed by atoms with E-state index in [1.54, 1.807) is 6.07 Å². The van der Waals surface area contributed by atoms with Crippen molar-refractivity contribution in [2.45, 2.75) is 45.6 Å². The highest BCUT2D eigenvalue weighted by molar-refractivity contribution is 5.94. The van der Waals surface area contributed by atoms with Gasteiger partial charge < -0.3 is 15.5 Å². The van der Waals surface area contributed by atoms with Crippen molar-refractivity contribution in [1.29, 1.82) is 0 Å². The van der Waals surface area contributed by atoms with Crippen molar-refractivity contribution in [1.82, 2.24) is 5.32 Å². The van der Waals surface area contributed by atoms with E-state index in [0.29, 0.717) is 12.1 Å². The fraction of sp³-hybridized carbons (Fsp3) is 0.417. The van der Waals surface area contributed by atoms with E-state index in [0.717, 1.165) is 55.6 Å². The lowest BCUT2D eigenvalue weighted by Crippen LogP contribution is -3.14. The van der Waals surface area contributed by atoms with Gasteiger partial charge in [0.1, 0.15) is 5.82 Å². The number of anilines is 1. The minimum Gasteiger partial charge on any atom is -0.349 e. The molecule has 0 radical (unpaired) electrons. The second kappa shape index (κ2) is 10.3. The van der Waals surface area contributed by atoms with Crippen molar-refractivity contribution in [3.8, 4) is 0 Å². The molecule has 1 fully saturated rings. The molecule has 3 N–H and O–H groups in total. The van der Waals surface area contributed by atoms with Gasteiger partial charge in [0.2, 0.25) is 0 Å². The van der Waals surface area contributed by atoms with Crippen LogP contribution in [-0.2, 0) is 17.6 Å². The molecule has 0 aromatic heterocycles. The Balaban J connectivity index is 1.49. The maximum atomic E-state index is 13.3. The van der Waals surface area contributed by atoms with Gasteiger partial charge in [-0.3, -0.25) is 9.59 Å². The number of piperidine rings is 1. The zero-order valence-corrected chi connectivity index (χ0v) is 17.8. The topological polar surface area (TPSA) is 62.6 Å². The van der Waals surface area contributed by atoms with E-state index in [1.807, 2.05) is 6.07 Å². The number of para-hydroxylation sites is 1. The van der Waals surface area contributed by atoms with Crippen LogP contribution < -0.4 is 15.5 Å². The van der Waals surface area contributed by atoms with E-state index in [4.69, 9.17) is 0 Å². The first-order valence-electron chi connectivity index (χ1n) is 10.8. The molecule has 0 unspecified atom stereocenters. The molecule has 0 spiro atoms. The predicted octanol–water partition coefficient (Wildman–Crippen LogP) is 2.37. The summed E-state index contributed by atoms with van der Waals surface area (Å²) >= 11 is 0. The highest BCUT2D eigenvalue weighted by Gasteiger charge is 2.25. The number of quaternary nitrogens is 1. The number of benzene rings is 2. The maximum absolute atomic E-state index is 13.3. The lowest BCUT2D eigenvalue weighted by molar-refractivity contribution is -0.897. The Bertz CT molecular complexity index is 870. The van der Waals surface area contributed by atoms with Gasteiger partial charge in [-0.05, 0) is 42.2 Å². The predicted molar refractivity (Wildman–Crippen MR) is 116 cm³/mol. The van der Waals surface area contributed by atoms with Gasteiger partial charge >= 0.3 is 0 Å². The molecule has 3 rings (SSSR count). The van der Waals surface area contributed by atoms with E-state index < -0.39 is 5.82 Å². The van der Waals surface area contributed by atoms with Gasteiger partial charge in [0.05, 0.1) is 13.1 Å². The van der Waals surface area contributed by atoms with Gasteiger partial charge in [0.25, 0.3) is 11.8 Å². The second-order valence-corrected chi connectivity index (χ2v) is 7.89. The molecule has 0 saturated carbocycles. The smallest absolute Gasteiger partial charge is 0.279 e. The summed E-state index contributed by atoms with van der Waals surface area (Å²) in [5.41, 5.74) is 3.63. The number of carbonyl (C=O) groups excluding carboxylic acids is 2. The molecule has 1 aliphatic rings. The largest absolute Gasteiger partial charge is 0.349 e. The molecular formula is C24H31FN3O2+. The van der Waals surface area contributed by atoms with E-state index in [2.05, 4.69) is 36.6 Å². The molecular weight excluding hydrogens is 381 g/mol. The van der Waals surface area contributed by atoms with Crippen molar-refractivity contribution in [3.05, 3.63) is 65.0 Å². The third-order valence-electron chi connectivity index (χ3n) is 5.79. The first-order valence-corrected chi connectivity index (χ1v) is 10.8. The summed E-state index contributed by atoms with van der Waals surface area (Å²) in [6.07, 6.45) is 3.37. The molecule has 2 amide bonds. The zero-order valence-electron chi connectivity index (χ0n) is 17.8. The Hall–Kier alpha value is -2.73. The fourth-order valence-corrected chi connectivity index (χ4v) is 4.06. The third kappa shape index (κ3) is 5.66. The summed E-state index contributed by atoms with van der Waals surface area (Å²) in [4.78, 5) is 26.2. The van der Waals surface area contributed by atoms with Crippen molar-refractivity contribution < 1.29 is 18.9 Å². The molecule has 30 heavy (non-hydrogen) atoms. The number of carbonyl (C=O) groups is 2. The van der Waals surface area contributed by atoms with Crippen molar-refractivity contribution >= 4 is 17.5 Å². The van der Waals surface area contributed by atoms with Crippen LogP contribution in [0.3, 0.4) is 0 Å². The molecule has 0 atom stereocenters. The van der Waals surface area contributed by atoms with Crippen LogP contribution in [0.15, 0.2) is 42.5 Å². The Kier molecular flexibility index (Phi) is 7.57. The SMILES string of the molecule is CCc1cccc(CC)c1NC(=O)C[NH+]1CCC(NC(=O)c2cccc(F)c2)CC1. The number of halogens is 1. The van der Waals surface area contributed by atoms with Crippen LogP contribution in [0.4, 0.5) is 10.1 Å². The highest BCUT2D eigenvalue weighted by atomic mass is 19.1. The molecule has 1 saturated heterocycles. The lowest BCUT2D eigenvalue weighted by Gasteiger charge is -2.29. The number of amides is 2. The van der Waals surface area contributed by atoms with Crippen molar-refractivity contribution in [2.75, 3.05) is 25.0 Å². The normalized spacial score (nSPS) is 18.6. The summed E-state index contributed by atoms with van der Waals surface area (Å²) < 4.78 is 13.3. The fourth-order valence-electron chi connectivity index (χ4n) is 4.06. The molecule has 6 heteroatoms. The number of hydrogen-bond acceptors (Lipinski definition) is 2. The van der Waals surface area contributed by atoms with Crippen LogP contribution >= 0.6 is 0 Å². The van der Waals surface area contributed by atoms with Crippen LogP contribution in [0.1, 0.15) is 48.2 Å². The summed E-state index contributed by atoms with van der Waals surface area (Å²) in [5, 5.41) is 6.12. The first-order chi connectivity index (χ1) is 14.5. The van der Waals surface area contributed by atoms with Gasteiger partial charge in [-0.25, -0.2) is 4.39 Å². The van der Waals surface area contributed by atoms with Crippen LogP contribution in [0.25, 0.3) is 0 Å². The molecule has 1 aliphatic heterocycles. The number of likely N-dealkylation sites (tertiary alicyclic amines) is 1. The number of nitrogens with one attached hydrogen (secondary N) is 3. The quantitative estimate of drug-likeness (QED) is 0.654. The average molecular weight is 413 g/mol. The summed E-state index contributed by atoms with van der Waals surface area (Å²) in [6.45, 7) is 6.25. The Labute approximate surface area is 177 Å². The minimum absolute atomic E-state index is 0.0304. The van der Waals surface area contributed by atoms with Crippen molar-refractivity contribution in [2.24, 2.45) is 0 Å². The molecule has 160 valence electrons. The van der Waals surface area contributed by atoms with E-state index in [1.165, 1.54) is 23.1 Å². The molecule has 2 aromatic rings. The molecule has 0 aliphatic carbocycles. The van der Waals surface area contributed by atoms with Crippen LogP contribution in [0.5, 0.6) is 0 Å². The second-order valence-electron chi connectivity index (χ2n) is 7.89. The zero-order chi connectivity index (χ0) is 21.5. The van der Waals surface area contributed by atoms with Gasteiger partial charge in [0.15, 0.2) is 6.54 Å². The Morgan fingerprint density at radius 1 is 1.03 bits per heavy atom. The van der Waals surface area contributed by atoms with Crippen LogP contribution in [0, 0.1) is 5.82 Å². The lowest BCUT2D eigenvalue weighted by atomic mass is 10.0. The van der Waals surface area contributed by atoms with E-state index >= 15 is 0 Å². The van der Waals surface area contributed by atoms with Crippen molar-refractivity contribution in [3.63, 3.8) is 0 Å². The molecule has 5 nitrogen and oxygen atoms in total.